The van der Waals surface area contributed by atoms with Crippen LogP contribution in [0, 0.1) is 0 Å². The monoisotopic (exact) mass is 262 g/mol. The molecule has 0 aliphatic heterocycles. The lowest BCUT2D eigenvalue weighted by Crippen LogP contribution is -2.23. The van der Waals surface area contributed by atoms with Crippen LogP contribution in [-0.2, 0) is 4.74 Å². The zero-order valence-corrected chi connectivity index (χ0v) is 11.1. The summed E-state index contributed by atoms with van der Waals surface area (Å²) in [5, 5.41) is 0.502. The molecule has 1 aromatic heterocycles. The number of nitrogens with one attached hydrogen (secondary N) is 1. The summed E-state index contributed by atoms with van der Waals surface area (Å²) in [6, 6.07) is 3.49. The minimum atomic E-state index is -0.180. The molecular formula is C13H18N4O2. The minimum Gasteiger partial charge on any atom is -0.397 e. The molecule has 6 nitrogen and oxygen atoms in total. The van der Waals surface area contributed by atoms with Crippen LogP contribution >= 0.6 is 0 Å². The number of nitrogens with zero attached hydrogens (tertiary/aromatic N) is 2. The predicted molar refractivity (Wildman–Crippen MR) is 76.5 cm³/mol. The maximum atomic E-state index is 11.6. The Morgan fingerprint density at radius 2 is 2.26 bits per heavy atom. The Labute approximate surface area is 111 Å². The third-order valence-electron chi connectivity index (χ3n) is 2.98. The molecule has 102 valence electrons. The number of anilines is 2. The third-order valence-corrected chi connectivity index (χ3v) is 2.98. The lowest BCUT2D eigenvalue weighted by atomic mass is 10.2. The summed E-state index contributed by atoms with van der Waals surface area (Å²) in [4.78, 5) is 20.3. The molecule has 0 amide bonds. The summed E-state index contributed by atoms with van der Waals surface area (Å²) >= 11 is 0. The fourth-order valence-corrected chi connectivity index (χ4v) is 1.92. The summed E-state index contributed by atoms with van der Waals surface area (Å²) < 4.78 is 5.32. The van der Waals surface area contributed by atoms with Crippen LogP contribution < -0.4 is 16.2 Å². The molecule has 0 saturated heterocycles. The Bertz CT molecular complexity index is 624. The van der Waals surface area contributed by atoms with E-state index in [1.807, 2.05) is 24.9 Å². The predicted octanol–water partition coefficient (Wildman–Crippen LogP) is 0.978. The molecule has 1 heterocycles. The van der Waals surface area contributed by atoms with Gasteiger partial charge in [-0.1, -0.05) is 0 Å². The Morgan fingerprint density at radius 3 is 3.00 bits per heavy atom. The van der Waals surface area contributed by atoms with E-state index >= 15 is 0 Å². The van der Waals surface area contributed by atoms with Gasteiger partial charge in [-0.3, -0.25) is 4.79 Å². The molecule has 0 aliphatic carbocycles. The van der Waals surface area contributed by atoms with Gasteiger partial charge >= 0.3 is 0 Å². The molecule has 3 N–H and O–H groups in total. The van der Waals surface area contributed by atoms with Gasteiger partial charge in [-0.05, 0) is 19.1 Å². The number of hydrogen-bond donors (Lipinski definition) is 2. The zero-order valence-electron chi connectivity index (χ0n) is 11.1. The molecule has 19 heavy (non-hydrogen) atoms. The number of nitrogens with two attached hydrogens (primary N) is 1. The van der Waals surface area contributed by atoms with Gasteiger partial charge in [0.2, 0.25) is 0 Å². The van der Waals surface area contributed by atoms with E-state index < -0.39 is 0 Å². The van der Waals surface area contributed by atoms with Crippen molar-refractivity contribution >= 4 is 22.3 Å². The molecule has 2 aromatic rings. The van der Waals surface area contributed by atoms with Gasteiger partial charge in [0.25, 0.3) is 5.56 Å². The molecule has 1 aromatic carbocycles. The van der Waals surface area contributed by atoms with Crippen molar-refractivity contribution in [2.75, 3.05) is 37.4 Å². The quantitative estimate of drug-likeness (QED) is 0.620. The molecule has 0 unspecified atom stereocenters. The van der Waals surface area contributed by atoms with Gasteiger partial charge in [0.15, 0.2) is 0 Å². The van der Waals surface area contributed by atoms with Crippen LogP contribution in [0.3, 0.4) is 0 Å². The highest BCUT2D eigenvalue weighted by Crippen LogP contribution is 2.25. The smallest absolute Gasteiger partial charge is 0.258 e. The van der Waals surface area contributed by atoms with Crippen molar-refractivity contribution in [3.8, 4) is 0 Å². The van der Waals surface area contributed by atoms with Crippen LogP contribution in [0.2, 0.25) is 0 Å². The van der Waals surface area contributed by atoms with E-state index in [-0.39, 0.29) is 5.56 Å². The summed E-state index contributed by atoms with van der Waals surface area (Å²) in [6.07, 6.45) is 1.39. The second kappa shape index (κ2) is 5.71. The van der Waals surface area contributed by atoms with Crippen molar-refractivity contribution in [1.82, 2.24) is 9.97 Å². The van der Waals surface area contributed by atoms with Gasteiger partial charge in [-0.2, -0.15) is 0 Å². The van der Waals surface area contributed by atoms with Gasteiger partial charge in [0.1, 0.15) is 0 Å². The van der Waals surface area contributed by atoms with Gasteiger partial charge in [-0.15, -0.1) is 0 Å². The highest BCUT2D eigenvalue weighted by atomic mass is 16.5. The largest absolute Gasteiger partial charge is 0.397 e. The van der Waals surface area contributed by atoms with Gasteiger partial charge in [0.05, 0.1) is 35.2 Å². The second-order valence-electron chi connectivity index (χ2n) is 4.28. The topological polar surface area (TPSA) is 84.2 Å². The zero-order chi connectivity index (χ0) is 13.8. The molecule has 0 saturated carbocycles. The first-order valence-corrected chi connectivity index (χ1v) is 6.19. The minimum absolute atomic E-state index is 0.180. The third kappa shape index (κ3) is 2.85. The Kier molecular flexibility index (Phi) is 4.01. The average Bonchev–Trinajstić information content (AvgIpc) is 2.39. The number of aromatic nitrogens is 2. The number of fused-ring (bicyclic) bond motifs is 1. The van der Waals surface area contributed by atoms with Crippen molar-refractivity contribution in [1.29, 1.82) is 0 Å². The highest BCUT2D eigenvalue weighted by Gasteiger charge is 2.09. The van der Waals surface area contributed by atoms with Crippen LogP contribution in [0.15, 0.2) is 23.3 Å². The first-order chi connectivity index (χ1) is 9.13. The van der Waals surface area contributed by atoms with E-state index in [0.29, 0.717) is 29.8 Å². The molecule has 0 fully saturated rings. The molecule has 0 bridgehead atoms. The fourth-order valence-electron chi connectivity index (χ4n) is 1.92. The molecule has 0 aliphatic rings. The van der Waals surface area contributed by atoms with Crippen molar-refractivity contribution in [2.45, 2.75) is 6.92 Å². The molecule has 6 heteroatoms. The molecule has 0 spiro atoms. The summed E-state index contributed by atoms with van der Waals surface area (Å²) in [5.74, 6) is 0. The SMILES string of the molecule is CCOCCN(C)c1cc2nc[nH]c(=O)c2cc1N. The summed E-state index contributed by atoms with van der Waals surface area (Å²) in [6.45, 7) is 4.01. The van der Waals surface area contributed by atoms with Crippen molar-refractivity contribution < 1.29 is 4.74 Å². The first-order valence-electron chi connectivity index (χ1n) is 6.19. The van der Waals surface area contributed by atoms with E-state index in [9.17, 15) is 4.79 Å². The van der Waals surface area contributed by atoms with E-state index in [2.05, 4.69) is 9.97 Å². The van der Waals surface area contributed by atoms with E-state index in [4.69, 9.17) is 10.5 Å². The number of rotatable bonds is 5. The average molecular weight is 262 g/mol. The second-order valence-corrected chi connectivity index (χ2v) is 4.28. The van der Waals surface area contributed by atoms with Crippen molar-refractivity contribution in [3.05, 3.63) is 28.8 Å². The Morgan fingerprint density at radius 1 is 1.47 bits per heavy atom. The summed E-state index contributed by atoms with van der Waals surface area (Å²) in [7, 11) is 1.93. The number of nitrogen functional groups attached to an aromatic ring is 1. The van der Waals surface area contributed by atoms with Crippen LogP contribution in [0.4, 0.5) is 11.4 Å². The Hall–Kier alpha value is -2.08. The van der Waals surface area contributed by atoms with E-state index in [0.717, 1.165) is 12.2 Å². The van der Waals surface area contributed by atoms with Crippen LogP contribution in [0.25, 0.3) is 10.9 Å². The molecular weight excluding hydrogens is 244 g/mol. The number of aromatic amines is 1. The molecule has 0 radical (unpaired) electrons. The number of ether oxygens (including phenoxy) is 1. The Balaban J connectivity index is 2.33. The van der Waals surface area contributed by atoms with Gasteiger partial charge in [-0.25, -0.2) is 4.98 Å². The maximum absolute atomic E-state index is 11.6. The standard InChI is InChI=1S/C13H18N4O2/c1-3-19-5-4-17(2)12-7-11-9(6-10(12)14)13(18)16-8-15-11/h6-8H,3-5,14H2,1-2H3,(H,15,16,18). The molecule has 2 rings (SSSR count). The fraction of sp³-hybridized carbons (Fsp3) is 0.385. The number of hydrogen-bond acceptors (Lipinski definition) is 5. The van der Waals surface area contributed by atoms with Gasteiger partial charge in [0, 0.05) is 20.2 Å². The van der Waals surface area contributed by atoms with Crippen molar-refractivity contribution in [3.63, 3.8) is 0 Å². The van der Waals surface area contributed by atoms with E-state index in [1.165, 1.54) is 6.33 Å². The molecule has 0 atom stereocenters. The normalized spacial score (nSPS) is 10.8. The number of likely N-dealkylation sites (N-methyl/N-ethyl adjacent to an activating group) is 1. The van der Waals surface area contributed by atoms with Gasteiger partial charge < -0.3 is 20.4 Å². The number of benzene rings is 1. The maximum Gasteiger partial charge on any atom is 0.258 e. The lowest BCUT2D eigenvalue weighted by molar-refractivity contribution is 0.154. The van der Waals surface area contributed by atoms with Crippen LogP contribution in [0.1, 0.15) is 6.92 Å². The summed E-state index contributed by atoms with van der Waals surface area (Å²) in [5.41, 5.74) is 7.86. The number of H-pyrrole nitrogens is 1. The van der Waals surface area contributed by atoms with Crippen molar-refractivity contribution in [2.24, 2.45) is 0 Å². The highest BCUT2D eigenvalue weighted by molar-refractivity contribution is 5.88. The van der Waals surface area contributed by atoms with E-state index in [1.54, 1.807) is 6.07 Å². The first kappa shape index (κ1) is 13.4. The lowest BCUT2D eigenvalue weighted by Gasteiger charge is -2.21. The van der Waals surface area contributed by atoms with Crippen LogP contribution in [-0.4, -0.2) is 36.8 Å². The van der Waals surface area contributed by atoms with Crippen LogP contribution in [0.5, 0.6) is 0 Å².